The van der Waals surface area contributed by atoms with E-state index in [2.05, 4.69) is 4.98 Å². The number of carbonyl (C=O) groups is 1. The van der Waals surface area contributed by atoms with Crippen molar-refractivity contribution in [3.63, 3.8) is 0 Å². The van der Waals surface area contributed by atoms with Gasteiger partial charge in [0.1, 0.15) is 17.7 Å². The van der Waals surface area contributed by atoms with Crippen LogP contribution in [-0.4, -0.2) is 36.3 Å². The molecule has 6 nitrogen and oxygen atoms in total. The standard InChI is InChI=1S/C20H20N2O4S2/c1-14-8-10-15(11-9-14)28(24,25)22-12-4-6-17(22)20(23)26-13-19-21-16-5-2-3-7-18(16)27-19/h2-3,5,7-11,17H,4,6,12-13H2,1H3/t17-/m1/s1. The van der Waals surface area contributed by atoms with E-state index in [9.17, 15) is 13.2 Å². The molecule has 1 aromatic heterocycles. The summed E-state index contributed by atoms with van der Waals surface area (Å²) in [5, 5.41) is 0.695. The first-order chi connectivity index (χ1) is 13.4. The van der Waals surface area contributed by atoms with E-state index in [1.165, 1.54) is 15.6 Å². The van der Waals surface area contributed by atoms with Crippen LogP contribution in [-0.2, 0) is 26.2 Å². The Labute approximate surface area is 167 Å². The quantitative estimate of drug-likeness (QED) is 0.595. The monoisotopic (exact) mass is 416 g/mol. The number of aryl methyl sites for hydroxylation is 1. The van der Waals surface area contributed by atoms with Gasteiger partial charge in [-0.1, -0.05) is 29.8 Å². The third-order valence-corrected chi connectivity index (χ3v) is 7.71. The summed E-state index contributed by atoms with van der Waals surface area (Å²) in [6.45, 7) is 2.26. The summed E-state index contributed by atoms with van der Waals surface area (Å²) in [5.74, 6) is -0.521. The van der Waals surface area contributed by atoms with E-state index in [4.69, 9.17) is 4.74 Å². The SMILES string of the molecule is Cc1ccc(S(=O)(=O)N2CCC[C@@H]2C(=O)OCc2nc3ccccc3s2)cc1. The molecule has 2 aromatic carbocycles. The van der Waals surface area contributed by atoms with Gasteiger partial charge in [0.2, 0.25) is 10.0 Å². The Bertz CT molecular complexity index is 1070. The average Bonchev–Trinajstić information content (AvgIpc) is 3.33. The van der Waals surface area contributed by atoms with Crippen LogP contribution in [0, 0.1) is 6.92 Å². The first-order valence-corrected chi connectivity index (χ1v) is 11.3. The van der Waals surface area contributed by atoms with E-state index in [1.807, 2.05) is 31.2 Å². The predicted octanol–water partition coefficient (Wildman–Crippen LogP) is 3.50. The van der Waals surface area contributed by atoms with Crippen molar-refractivity contribution in [3.8, 4) is 0 Å². The molecule has 0 saturated carbocycles. The minimum Gasteiger partial charge on any atom is -0.457 e. The fourth-order valence-electron chi connectivity index (χ4n) is 3.32. The molecule has 0 bridgehead atoms. The van der Waals surface area contributed by atoms with Crippen LogP contribution in [0.3, 0.4) is 0 Å². The molecule has 8 heteroatoms. The first-order valence-electron chi connectivity index (χ1n) is 9.05. The largest absolute Gasteiger partial charge is 0.457 e. The first kappa shape index (κ1) is 19.0. The van der Waals surface area contributed by atoms with Gasteiger partial charge in [-0.05, 0) is 44.0 Å². The van der Waals surface area contributed by atoms with Crippen LogP contribution in [0.1, 0.15) is 23.4 Å². The molecule has 4 rings (SSSR count). The van der Waals surface area contributed by atoms with E-state index >= 15 is 0 Å². The summed E-state index contributed by atoms with van der Waals surface area (Å²) in [6.07, 6.45) is 1.09. The van der Waals surface area contributed by atoms with Gasteiger partial charge >= 0.3 is 5.97 Å². The summed E-state index contributed by atoms with van der Waals surface area (Å²) in [4.78, 5) is 17.3. The number of ether oxygens (including phenoxy) is 1. The number of carbonyl (C=O) groups excluding carboxylic acids is 1. The van der Waals surface area contributed by atoms with E-state index in [0.29, 0.717) is 24.4 Å². The van der Waals surface area contributed by atoms with Gasteiger partial charge in [-0.25, -0.2) is 13.4 Å². The zero-order valence-corrected chi connectivity index (χ0v) is 17.0. The van der Waals surface area contributed by atoms with E-state index in [1.54, 1.807) is 24.3 Å². The average molecular weight is 417 g/mol. The smallest absolute Gasteiger partial charge is 0.324 e. The summed E-state index contributed by atoms with van der Waals surface area (Å²) in [7, 11) is -3.73. The van der Waals surface area contributed by atoms with Crippen molar-refractivity contribution < 1.29 is 17.9 Å². The highest BCUT2D eigenvalue weighted by Crippen LogP contribution is 2.28. The molecular weight excluding hydrogens is 396 g/mol. The lowest BCUT2D eigenvalue weighted by atomic mass is 10.2. The van der Waals surface area contributed by atoms with E-state index < -0.39 is 22.0 Å². The molecule has 1 fully saturated rings. The second kappa shape index (κ2) is 7.62. The highest BCUT2D eigenvalue weighted by Gasteiger charge is 2.40. The zero-order valence-electron chi connectivity index (χ0n) is 15.4. The molecule has 146 valence electrons. The number of thiazole rings is 1. The molecule has 3 aromatic rings. The van der Waals surface area contributed by atoms with Crippen molar-refractivity contribution in [3.05, 3.63) is 59.1 Å². The molecule has 2 heterocycles. The van der Waals surface area contributed by atoms with Crippen LogP contribution in [0.15, 0.2) is 53.4 Å². The Morgan fingerprint density at radius 3 is 2.71 bits per heavy atom. The number of hydrogen-bond acceptors (Lipinski definition) is 6. The van der Waals surface area contributed by atoms with Crippen LogP contribution in [0.5, 0.6) is 0 Å². The van der Waals surface area contributed by atoms with Crippen molar-refractivity contribution in [2.45, 2.75) is 37.3 Å². The van der Waals surface area contributed by atoms with Crippen LogP contribution < -0.4 is 0 Å². The van der Waals surface area contributed by atoms with Crippen molar-refractivity contribution in [1.29, 1.82) is 0 Å². The van der Waals surface area contributed by atoms with Gasteiger partial charge in [0.05, 0.1) is 15.1 Å². The number of fused-ring (bicyclic) bond motifs is 1. The molecule has 0 spiro atoms. The van der Waals surface area contributed by atoms with Gasteiger partial charge in [0.15, 0.2) is 0 Å². The molecule has 0 N–H and O–H groups in total. The lowest BCUT2D eigenvalue weighted by Crippen LogP contribution is -2.41. The van der Waals surface area contributed by atoms with Gasteiger partial charge in [-0.2, -0.15) is 4.31 Å². The summed E-state index contributed by atoms with van der Waals surface area (Å²) < 4.78 is 33.6. The predicted molar refractivity (Wildman–Crippen MR) is 108 cm³/mol. The summed E-state index contributed by atoms with van der Waals surface area (Å²) in [5.41, 5.74) is 1.84. The minimum absolute atomic E-state index is 0.0487. The Hall–Kier alpha value is -2.29. The summed E-state index contributed by atoms with van der Waals surface area (Å²) in [6, 6.07) is 13.6. The van der Waals surface area contributed by atoms with Gasteiger partial charge in [0, 0.05) is 6.54 Å². The molecule has 0 amide bonds. The maximum atomic E-state index is 13.0. The van der Waals surface area contributed by atoms with E-state index in [0.717, 1.165) is 15.8 Å². The Balaban J connectivity index is 1.47. The molecule has 1 saturated heterocycles. The number of esters is 1. The van der Waals surface area contributed by atoms with Crippen LogP contribution in [0.4, 0.5) is 0 Å². The van der Waals surface area contributed by atoms with Crippen molar-refractivity contribution in [1.82, 2.24) is 9.29 Å². The lowest BCUT2D eigenvalue weighted by molar-refractivity contribution is -0.148. The fraction of sp³-hybridized carbons (Fsp3) is 0.300. The molecule has 1 aliphatic heterocycles. The second-order valence-electron chi connectivity index (χ2n) is 6.77. The minimum atomic E-state index is -3.73. The van der Waals surface area contributed by atoms with Crippen molar-refractivity contribution >= 4 is 37.5 Å². The van der Waals surface area contributed by atoms with Gasteiger partial charge < -0.3 is 4.74 Å². The number of aromatic nitrogens is 1. The normalized spacial score (nSPS) is 17.8. The van der Waals surface area contributed by atoms with Crippen LogP contribution in [0.2, 0.25) is 0 Å². The molecule has 28 heavy (non-hydrogen) atoms. The fourth-order valence-corrected chi connectivity index (χ4v) is 5.85. The third-order valence-electron chi connectivity index (χ3n) is 4.78. The van der Waals surface area contributed by atoms with Crippen LogP contribution in [0.25, 0.3) is 10.2 Å². The Morgan fingerprint density at radius 2 is 1.96 bits per heavy atom. The molecule has 0 unspecified atom stereocenters. The maximum Gasteiger partial charge on any atom is 0.324 e. The molecule has 0 radical (unpaired) electrons. The number of benzene rings is 2. The number of sulfonamides is 1. The van der Waals surface area contributed by atoms with Gasteiger partial charge in [0.25, 0.3) is 0 Å². The Morgan fingerprint density at radius 1 is 1.21 bits per heavy atom. The number of para-hydroxylation sites is 1. The molecule has 1 atom stereocenters. The van der Waals surface area contributed by atoms with E-state index in [-0.39, 0.29) is 11.5 Å². The lowest BCUT2D eigenvalue weighted by Gasteiger charge is -2.22. The van der Waals surface area contributed by atoms with Crippen molar-refractivity contribution in [2.24, 2.45) is 0 Å². The number of rotatable bonds is 5. The highest BCUT2D eigenvalue weighted by molar-refractivity contribution is 7.89. The summed E-state index contributed by atoms with van der Waals surface area (Å²) >= 11 is 1.47. The highest BCUT2D eigenvalue weighted by atomic mass is 32.2. The third kappa shape index (κ3) is 3.67. The van der Waals surface area contributed by atoms with Gasteiger partial charge in [-0.15, -0.1) is 11.3 Å². The van der Waals surface area contributed by atoms with Crippen molar-refractivity contribution in [2.75, 3.05) is 6.54 Å². The topological polar surface area (TPSA) is 76.6 Å². The van der Waals surface area contributed by atoms with Gasteiger partial charge in [-0.3, -0.25) is 4.79 Å². The number of nitrogens with zero attached hydrogens (tertiary/aromatic N) is 2. The zero-order chi connectivity index (χ0) is 19.7. The molecular formula is C20H20N2O4S2. The number of hydrogen-bond donors (Lipinski definition) is 0. The second-order valence-corrected chi connectivity index (χ2v) is 9.78. The maximum absolute atomic E-state index is 13.0. The van der Waals surface area contributed by atoms with Crippen LogP contribution >= 0.6 is 11.3 Å². The Kier molecular flexibility index (Phi) is 5.18. The molecule has 0 aliphatic carbocycles. The molecule has 1 aliphatic rings.